The third-order valence-corrected chi connectivity index (χ3v) is 7.83. The lowest BCUT2D eigenvalue weighted by Crippen LogP contribution is -2.27. The van der Waals surface area contributed by atoms with E-state index in [0.29, 0.717) is 13.0 Å². The second kappa shape index (κ2) is 42.2. The van der Waals surface area contributed by atoms with Crippen molar-refractivity contribution >= 4 is 5.97 Å². The molecule has 0 aromatic heterocycles. The van der Waals surface area contributed by atoms with Crippen LogP contribution in [-0.4, -0.2) is 37.0 Å². The summed E-state index contributed by atoms with van der Waals surface area (Å²) < 4.78 is 11.1. The van der Waals surface area contributed by atoms with E-state index in [1.807, 2.05) is 0 Å². The predicted octanol–water partition coefficient (Wildman–Crippen LogP) is 13.1. The molecule has 0 aliphatic carbocycles. The van der Waals surface area contributed by atoms with Crippen LogP contribution in [0.15, 0.2) is 109 Å². The van der Waals surface area contributed by atoms with Gasteiger partial charge in [0.15, 0.2) is 0 Å². The third-order valence-electron chi connectivity index (χ3n) is 7.83. The maximum Gasteiger partial charge on any atom is 0.306 e. The molecule has 0 bridgehead atoms. The van der Waals surface area contributed by atoms with Crippen LogP contribution in [0.5, 0.6) is 0 Å². The maximum atomic E-state index is 12.2. The number of aliphatic hydroxyl groups excluding tert-OH is 1. The highest BCUT2D eigenvalue weighted by Crippen LogP contribution is 2.10. The smallest absolute Gasteiger partial charge is 0.306 e. The van der Waals surface area contributed by atoms with Crippen LogP contribution in [0.3, 0.4) is 0 Å². The van der Waals surface area contributed by atoms with Gasteiger partial charge in [-0.3, -0.25) is 4.79 Å². The average Bonchev–Trinajstić information content (AvgIpc) is 3.12. The molecule has 0 aliphatic heterocycles. The van der Waals surface area contributed by atoms with E-state index in [2.05, 4.69) is 123 Å². The highest BCUT2D eigenvalue weighted by molar-refractivity contribution is 5.69. The molecule has 50 heavy (non-hydrogen) atoms. The van der Waals surface area contributed by atoms with Gasteiger partial charge in [-0.25, -0.2) is 0 Å². The molecular weight excluding hydrogens is 617 g/mol. The number of aliphatic hydroxyl groups is 1. The Morgan fingerprint density at radius 2 is 0.900 bits per heavy atom. The summed E-state index contributed by atoms with van der Waals surface area (Å²) in [5.41, 5.74) is 0. The zero-order chi connectivity index (χ0) is 36.3. The first-order chi connectivity index (χ1) is 24.7. The SMILES string of the molecule is CC/C=C\C/C=C\C/C=C\C/C=C\C/C=C\C/C=C\C/C=C\CCCCOCC(CO)OC(=O)CCCCCCC/C=C\C/C=C\CCCC. The van der Waals surface area contributed by atoms with Crippen molar-refractivity contribution in [1.82, 2.24) is 0 Å². The van der Waals surface area contributed by atoms with Crippen molar-refractivity contribution in [2.24, 2.45) is 0 Å². The highest BCUT2D eigenvalue weighted by atomic mass is 16.6. The number of allylic oxidation sites excluding steroid dienone is 18. The Morgan fingerprint density at radius 1 is 0.500 bits per heavy atom. The first-order valence-corrected chi connectivity index (χ1v) is 20.0. The minimum absolute atomic E-state index is 0.203. The number of hydrogen-bond acceptors (Lipinski definition) is 4. The lowest BCUT2D eigenvalue weighted by Gasteiger charge is -2.15. The van der Waals surface area contributed by atoms with E-state index < -0.39 is 6.10 Å². The van der Waals surface area contributed by atoms with Gasteiger partial charge in [-0.2, -0.15) is 0 Å². The van der Waals surface area contributed by atoms with Crippen molar-refractivity contribution in [3.05, 3.63) is 109 Å². The molecule has 1 N–H and O–H groups in total. The Kier molecular flexibility index (Phi) is 39.7. The molecule has 4 nitrogen and oxygen atoms in total. The van der Waals surface area contributed by atoms with Gasteiger partial charge in [0.2, 0.25) is 0 Å². The monoisotopic (exact) mass is 691 g/mol. The summed E-state index contributed by atoms with van der Waals surface area (Å²) >= 11 is 0. The summed E-state index contributed by atoms with van der Waals surface area (Å²) in [5, 5.41) is 9.57. The van der Waals surface area contributed by atoms with Crippen LogP contribution >= 0.6 is 0 Å². The van der Waals surface area contributed by atoms with E-state index >= 15 is 0 Å². The minimum atomic E-state index is -0.572. The molecule has 0 fully saturated rings. The van der Waals surface area contributed by atoms with Crippen LogP contribution in [0.4, 0.5) is 0 Å². The molecule has 1 unspecified atom stereocenters. The average molecular weight is 691 g/mol. The third kappa shape index (κ3) is 39.5. The van der Waals surface area contributed by atoms with Gasteiger partial charge in [-0.1, -0.05) is 155 Å². The molecule has 0 aromatic rings. The normalized spacial score (nSPS) is 13.6. The number of unbranched alkanes of at least 4 members (excludes halogenated alkanes) is 9. The highest BCUT2D eigenvalue weighted by Gasteiger charge is 2.13. The Balaban J connectivity index is 3.63. The first kappa shape index (κ1) is 47.0. The molecule has 0 amide bonds. The second-order valence-corrected chi connectivity index (χ2v) is 12.6. The zero-order valence-corrected chi connectivity index (χ0v) is 32.1. The van der Waals surface area contributed by atoms with Crippen LogP contribution in [0.25, 0.3) is 0 Å². The molecule has 4 heteroatoms. The zero-order valence-electron chi connectivity index (χ0n) is 32.1. The van der Waals surface area contributed by atoms with Crippen molar-refractivity contribution in [3.8, 4) is 0 Å². The summed E-state index contributed by atoms with van der Waals surface area (Å²) in [6.45, 7) is 5.04. The fraction of sp³-hybridized carbons (Fsp3) is 0.587. The maximum absolute atomic E-state index is 12.2. The number of esters is 1. The van der Waals surface area contributed by atoms with Gasteiger partial charge in [0.1, 0.15) is 6.10 Å². The van der Waals surface area contributed by atoms with E-state index in [-0.39, 0.29) is 19.2 Å². The fourth-order valence-electron chi connectivity index (χ4n) is 4.85. The molecule has 0 aliphatic rings. The van der Waals surface area contributed by atoms with E-state index in [1.165, 1.54) is 32.1 Å². The molecule has 282 valence electrons. The molecule has 0 saturated heterocycles. The van der Waals surface area contributed by atoms with Gasteiger partial charge in [0.25, 0.3) is 0 Å². The van der Waals surface area contributed by atoms with Crippen molar-refractivity contribution in [1.29, 1.82) is 0 Å². The van der Waals surface area contributed by atoms with Crippen molar-refractivity contribution < 1.29 is 19.4 Å². The van der Waals surface area contributed by atoms with Crippen LogP contribution in [0.2, 0.25) is 0 Å². The van der Waals surface area contributed by atoms with Crippen molar-refractivity contribution in [2.75, 3.05) is 19.8 Å². The minimum Gasteiger partial charge on any atom is -0.457 e. The summed E-state index contributed by atoms with van der Waals surface area (Å²) in [7, 11) is 0. The van der Waals surface area contributed by atoms with Gasteiger partial charge in [-0.15, -0.1) is 0 Å². The van der Waals surface area contributed by atoms with E-state index in [1.54, 1.807) is 0 Å². The Bertz CT molecular complexity index is 992. The van der Waals surface area contributed by atoms with E-state index in [4.69, 9.17) is 9.47 Å². The van der Waals surface area contributed by atoms with Gasteiger partial charge in [0.05, 0.1) is 13.2 Å². The van der Waals surface area contributed by atoms with Gasteiger partial charge < -0.3 is 14.6 Å². The fourth-order valence-corrected chi connectivity index (χ4v) is 4.85. The molecular formula is C46H74O4. The van der Waals surface area contributed by atoms with Gasteiger partial charge in [0, 0.05) is 13.0 Å². The molecule has 0 rings (SSSR count). The predicted molar refractivity (Wildman–Crippen MR) is 218 cm³/mol. The van der Waals surface area contributed by atoms with Gasteiger partial charge >= 0.3 is 5.97 Å². The molecule has 1 atom stereocenters. The van der Waals surface area contributed by atoms with E-state index in [9.17, 15) is 9.90 Å². The van der Waals surface area contributed by atoms with Crippen LogP contribution in [0, 0.1) is 0 Å². The Labute approximate surface area is 308 Å². The number of ether oxygens (including phenoxy) is 2. The number of carbonyl (C=O) groups is 1. The Hall–Kier alpha value is -2.95. The largest absolute Gasteiger partial charge is 0.457 e. The lowest BCUT2D eigenvalue weighted by atomic mass is 10.1. The van der Waals surface area contributed by atoms with Crippen molar-refractivity contribution in [2.45, 2.75) is 155 Å². The number of hydrogen-bond donors (Lipinski definition) is 1. The van der Waals surface area contributed by atoms with E-state index in [0.717, 1.165) is 96.3 Å². The summed E-state index contributed by atoms with van der Waals surface area (Å²) in [6, 6.07) is 0. The molecule has 0 saturated carbocycles. The lowest BCUT2D eigenvalue weighted by molar-refractivity contribution is -0.154. The quantitative estimate of drug-likeness (QED) is 0.0408. The number of carbonyl (C=O) groups excluding carboxylic acids is 1. The van der Waals surface area contributed by atoms with Crippen LogP contribution in [0.1, 0.15) is 149 Å². The number of rotatable bonds is 35. The van der Waals surface area contributed by atoms with Gasteiger partial charge in [-0.05, 0) is 96.3 Å². The molecule has 0 aromatic carbocycles. The topological polar surface area (TPSA) is 55.8 Å². The summed E-state index contributed by atoms with van der Waals surface area (Å²) in [6.07, 6.45) is 61.4. The summed E-state index contributed by atoms with van der Waals surface area (Å²) in [5.74, 6) is -0.236. The van der Waals surface area contributed by atoms with Crippen molar-refractivity contribution in [3.63, 3.8) is 0 Å². The first-order valence-electron chi connectivity index (χ1n) is 20.0. The summed E-state index contributed by atoms with van der Waals surface area (Å²) in [4.78, 5) is 12.2. The van der Waals surface area contributed by atoms with Crippen LogP contribution in [-0.2, 0) is 14.3 Å². The van der Waals surface area contributed by atoms with Crippen LogP contribution < -0.4 is 0 Å². The molecule has 0 radical (unpaired) electrons. The molecule has 0 heterocycles. The Morgan fingerprint density at radius 3 is 1.36 bits per heavy atom. The standard InChI is InChI=1S/C46H74O4/c1-3-5-7-9-11-13-15-17-19-20-21-22-23-24-25-26-27-28-30-32-34-36-38-40-42-49-44-45(43-47)50-46(48)41-39-37-35-33-31-29-18-16-14-12-10-8-6-4-2/h5,7,10-13,16-19,21-22,24-25,27-28,32,34,45,47H,3-4,6,8-9,14-15,20,23,26,29-31,33,35-44H2,1-2H3/b7-5-,12-10-,13-11-,18-16-,19-17-,22-21-,25-24-,28-27-,34-32-. The molecule has 0 spiro atoms. The second-order valence-electron chi connectivity index (χ2n) is 12.6.